The number of halogens is 2. The van der Waals surface area contributed by atoms with Crippen molar-refractivity contribution in [2.24, 2.45) is 0 Å². The van der Waals surface area contributed by atoms with Crippen LogP contribution in [-0.2, 0) is 0 Å². The summed E-state index contributed by atoms with van der Waals surface area (Å²) in [5, 5.41) is 0. The zero-order chi connectivity index (χ0) is 18.1. The third-order valence-electron chi connectivity index (χ3n) is 3.99. The van der Waals surface area contributed by atoms with E-state index in [1.807, 2.05) is 30.3 Å². The number of hydrogen-bond donors (Lipinski definition) is 2. The maximum atomic E-state index is 14.2. The van der Waals surface area contributed by atoms with E-state index in [0.717, 1.165) is 5.56 Å². The molecule has 0 saturated carbocycles. The van der Waals surface area contributed by atoms with E-state index in [2.05, 4.69) is 15.0 Å². The van der Waals surface area contributed by atoms with Gasteiger partial charge in [-0.15, -0.1) is 0 Å². The smallest absolute Gasteiger partial charge is 0.144 e. The highest BCUT2D eigenvalue weighted by molar-refractivity contribution is 5.80. The van der Waals surface area contributed by atoms with Gasteiger partial charge >= 0.3 is 0 Å². The van der Waals surface area contributed by atoms with Gasteiger partial charge < -0.3 is 10.7 Å². The fourth-order valence-corrected chi connectivity index (χ4v) is 2.76. The summed E-state index contributed by atoms with van der Waals surface area (Å²) < 4.78 is 28.4. The number of anilines is 1. The predicted octanol–water partition coefficient (Wildman–Crippen LogP) is 4.67. The summed E-state index contributed by atoms with van der Waals surface area (Å²) in [6, 6.07) is 16.5. The third-order valence-corrected chi connectivity index (χ3v) is 3.99. The van der Waals surface area contributed by atoms with Crippen LogP contribution in [0.1, 0.15) is 0 Å². The Bertz CT molecular complexity index is 1040. The highest BCUT2D eigenvalue weighted by Gasteiger charge is 2.20. The molecule has 26 heavy (non-hydrogen) atoms. The number of nitrogen functional groups attached to an aromatic ring is 1. The Hall–Kier alpha value is -3.54. The first-order valence-corrected chi connectivity index (χ1v) is 7.95. The second-order valence-corrected chi connectivity index (χ2v) is 5.75. The van der Waals surface area contributed by atoms with Crippen molar-refractivity contribution in [1.82, 2.24) is 15.0 Å². The predicted molar refractivity (Wildman–Crippen MR) is 97.0 cm³/mol. The minimum Gasteiger partial charge on any atom is -0.397 e. The van der Waals surface area contributed by atoms with E-state index in [1.165, 1.54) is 24.4 Å². The molecule has 0 saturated heterocycles. The number of nitrogens with zero attached hydrogens (tertiary/aromatic N) is 2. The minimum atomic E-state index is -0.685. The number of aromatic amines is 1. The van der Waals surface area contributed by atoms with E-state index in [-0.39, 0.29) is 11.4 Å². The van der Waals surface area contributed by atoms with Gasteiger partial charge in [0.2, 0.25) is 0 Å². The molecule has 0 aliphatic heterocycles. The maximum Gasteiger partial charge on any atom is 0.144 e. The number of nitrogens with one attached hydrogen (secondary N) is 1. The summed E-state index contributed by atoms with van der Waals surface area (Å²) in [5.74, 6) is -1.27. The molecule has 0 radical (unpaired) electrons. The van der Waals surface area contributed by atoms with Crippen LogP contribution in [0.3, 0.4) is 0 Å². The molecule has 2 aromatic heterocycles. The van der Waals surface area contributed by atoms with Crippen molar-refractivity contribution in [1.29, 1.82) is 0 Å². The first-order valence-electron chi connectivity index (χ1n) is 7.95. The number of H-pyrrole nitrogens is 1. The molecule has 0 unspecified atom stereocenters. The summed E-state index contributed by atoms with van der Waals surface area (Å²) in [6.07, 6.45) is 1.52. The van der Waals surface area contributed by atoms with Crippen molar-refractivity contribution in [2.45, 2.75) is 0 Å². The lowest BCUT2D eigenvalue weighted by molar-refractivity contribution is 0.588. The van der Waals surface area contributed by atoms with Crippen LogP contribution in [0, 0.1) is 11.6 Å². The monoisotopic (exact) mass is 348 g/mol. The van der Waals surface area contributed by atoms with Crippen LogP contribution in [0.2, 0.25) is 0 Å². The molecule has 4 aromatic rings. The van der Waals surface area contributed by atoms with Crippen molar-refractivity contribution in [3.05, 3.63) is 78.5 Å². The van der Waals surface area contributed by atoms with Crippen LogP contribution < -0.4 is 5.73 Å². The Kier molecular flexibility index (Phi) is 3.93. The summed E-state index contributed by atoms with van der Waals surface area (Å²) in [7, 11) is 0. The van der Waals surface area contributed by atoms with Crippen LogP contribution >= 0.6 is 0 Å². The summed E-state index contributed by atoms with van der Waals surface area (Å²) in [5.41, 5.74) is 8.53. The van der Waals surface area contributed by atoms with Crippen LogP contribution in [0.5, 0.6) is 0 Å². The number of nitrogens with two attached hydrogens (primary N) is 1. The zero-order valence-electron chi connectivity index (χ0n) is 13.6. The molecule has 2 heterocycles. The Morgan fingerprint density at radius 3 is 2.23 bits per heavy atom. The molecule has 4 nitrogen and oxygen atoms in total. The quantitative estimate of drug-likeness (QED) is 0.565. The average Bonchev–Trinajstić information content (AvgIpc) is 3.08. The summed E-state index contributed by atoms with van der Waals surface area (Å²) >= 11 is 0. The highest BCUT2D eigenvalue weighted by atomic mass is 19.1. The lowest BCUT2D eigenvalue weighted by Gasteiger charge is -2.02. The van der Waals surface area contributed by atoms with Crippen LogP contribution in [0.15, 0.2) is 66.9 Å². The van der Waals surface area contributed by atoms with Crippen molar-refractivity contribution >= 4 is 5.69 Å². The fourth-order valence-electron chi connectivity index (χ4n) is 2.76. The summed E-state index contributed by atoms with van der Waals surface area (Å²) in [4.78, 5) is 11.8. The van der Waals surface area contributed by atoms with Gasteiger partial charge in [-0.25, -0.2) is 13.8 Å². The van der Waals surface area contributed by atoms with Crippen molar-refractivity contribution in [3.8, 4) is 34.0 Å². The van der Waals surface area contributed by atoms with Gasteiger partial charge in [-0.05, 0) is 24.3 Å². The van der Waals surface area contributed by atoms with Gasteiger partial charge in [0.05, 0.1) is 34.5 Å². The molecule has 0 amide bonds. The van der Waals surface area contributed by atoms with Gasteiger partial charge in [0.25, 0.3) is 0 Å². The van der Waals surface area contributed by atoms with E-state index < -0.39 is 11.6 Å². The lowest BCUT2D eigenvalue weighted by atomic mass is 10.1. The first-order chi connectivity index (χ1) is 12.6. The van der Waals surface area contributed by atoms with Crippen molar-refractivity contribution in [3.63, 3.8) is 0 Å². The number of aromatic nitrogens is 3. The number of imidazole rings is 1. The fraction of sp³-hybridized carbons (Fsp3) is 0. The molecule has 128 valence electrons. The first kappa shape index (κ1) is 16.0. The molecule has 0 bridgehead atoms. The lowest BCUT2D eigenvalue weighted by Crippen LogP contribution is -1.92. The van der Waals surface area contributed by atoms with Gasteiger partial charge in [0, 0.05) is 5.56 Å². The van der Waals surface area contributed by atoms with Gasteiger partial charge in [-0.3, -0.25) is 4.98 Å². The Morgan fingerprint density at radius 2 is 1.58 bits per heavy atom. The van der Waals surface area contributed by atoms with E-state index in [9.17, 15) is 8.78 Å². The van der Waals surface area contributed by atoms with Crippen molar-refractivity contribution in [2.75, 3.05) is 5.73 Å². The molecule has 6 heteroatoms. The maximum absolute atomic E-state index is 14.2. The van der Waals surface area contributed by atoms with Crippen LogP contribution in [0.25, 0.3) is 34.0 Å². The Labute approximate surface area is 148 Å². The number of benzene rings is 2. The standard InChI is InChI=1S/C20H14F2N4/c21-14-7-4-8-15(22)17(14)20-25-18(12-5-2-1-3-6-12)19(26-20)16-10-9-13(23)11-24-16/h1-11H,23H2,(H,25,26). The van der Waals surface area contributed by atoms with Gasteiger partial charge in [-0.2, -0.15) is 0 Å². The SMILES string of the molecule is Nc1ccc(-c2[nH]c(-c3c(F)cccc3F)nc2-c2ccccc2)nc1. The second-order valence-electron chi connectivity index (χ2n) is 5.75. The topological polar surface area (TPSA) is 67.6 Å². The minimum absolute atomic E-state index is 0.105. The van der Waals surface area contributed by atoms with E-state index in [0.29, 0.717) is 22.8 Å². The molecule has 3 N–H and O–H groups in total. The molecular formula is C20H14F2N4. The normalized spacial score (nSPS) is 10.8. The third kappa shape index (κ3) is 2.82. The molecule has 2 aromatic carbocycles. The highest BCUT2D eigenvalue weighted by Crippen LogP contribution is 2.33. The Morgan fingerprint density at radius 1 is 0.846 bits per heavy atom. The largest absolute Gasteiger partial charge is 0.397 e. The van der Waals surface area contributed by atoms with Gasteiger partial charge in [0.1, 0.15) is 17.5 Å². The molecule has 0 fully saturated rings. The molecule has 0 atom stereocenters. The van der Waals surface area contributed by atoms with E-state index in [1.54, 1.807) is 12.1 Å². The molecular weight excluding hydrogens is 334 g/mol. The Balaban J connectivity index is 1.95. The van der Waals surface area contributed by atoms with Gasteiger partial charge in [-0.1, -0.05) is 36.4 Å². The number of hydrogen-bond acceptors (Lipinski definition) is 3. The molecule has 0 spiro atoms. The second kappa shape index (κ2) is 6.40. The zero-order valence-corrected chi connectivity index (χ0v) is 13.6. The van der Waals surface area contributed by atoms with Crippen LogP contribution in [0.4, 0.5) is 14.5 Å². The van der Waals surface area contributed by atoms with E-state index >= 15 is 0 Å². The molecule has 0 aliphatic carbocycles. The summed E-state index contributed by atoms with van der Waals surface area (Å²) in [6.45, 7) is 0. The number of pyridine rings is 1. The average molecular weight is 348 g/mol. The van der Waals surface area contributed by atoms with Crippen molar-refractivity contribution < 1.29 is 8.78 Å². The molecule has 4 rings (SSSR count). The van der Waals surface area contributed by atoms with Crippen LogP contribution in [-0.4, -0.2) is 15.0 Å². The number of rotatable bonds is 3. The molecule has 0 aliphatic rings. The van der Waals surface area contributed by atoms with E-state index in [4.69, 9.17) is 5.73 Å². The van der Waals surface area contributed by atoms with Gasteiger partial charge in [0.15, 0.2) is 0 Å².